The number of nitrogens with zero attached hydrogens (tertiary/aromatic N) is 2. The van der Waals surface area contributed by atoms with Crippen molar-refractivity contribution < 1.29 is 0 Å². The average molecular weight is 177 g/mol. The normalized spacial score (nSPS) is 14.7. The summed E-state index contributed by atoms with van der Waals surface area (Å²) in [6.07, 6.45) is 1.11. The molecular formula is C8H7N3S. The maximum absolute atomic E-state index is 4.04. The Labute approximate surface area is 73.6 Å². The Balaban J connectivity index is 2.46. The van der Waals surface area contributed by atoms with Gasteiger partial charge in [0.2, 0.25) is 0 Å². The third-order valence-electron chi connectivity index (χ3n) is 2.21. The Bertz CT molecular complexity index is 435. The summed E-state index contributed by atoms with van der Waals surface area (Å²) >= 11 is 1.49. The van der Waals surface area contributed by atoms with Gasteiger partial charge in [0.15, 0.2) is 0 Å². The Hall–Kier alpha value is -1.16. The van der Waals surface area contributed by atoms with Gasteiger partial charge < -0.3 is 5.32 Å². The van der Waals surface area contributed by atoms with Crippen molar-refractivity contribution in [3.8, 4) is 0 Å². The molecule has 0 saturated heterocycles. The molecule has 0 aliphatic carbocycles. The van der Waals surface area contributed by atoms with E-state index < -0.39 is 0 Å². The van der Waals surface area contributed by atoms with Crippen molar-refractivity contribution in [2.24, 2.45) is 0 Å². The summed E-state index contributed by atoms with van der Waals surface area (Å²) < 4.78 is 5.19. The van der Waals surface area contributed by atoms with Gasteiger partial charge in [-0.25, -0.2) is 0 Å². The topological polar surface area (TPSA) is 37.8 Å². The lowest BCUT2D eigenvalue weighted by atomic mass is 10.1. The fourth-order valence-electron chi connectivity index (χ4n) is 1.64. The first-order valence-electron chi connectivity index (χ1n) is 3.93. The molecule has 60 valence electrons. The minimum Gasteiger partial charge on any atom is -0.384 e. The van der Waals surface area contributed by atoms with Crippen LogP contribution < -0.4 is 5.32 Å². The van der Waals surface area contributed by atoms with E-state index in [0.29, 0.717) is 0 Å². The van der Waals surface area contributed by atoms with Crippen LogP contribution in [0.1, 0.15) is 5.56 Å². The molecule has 0 bridgehead atoms. The minimum absolute atomic E-state index is 1.03. The number of aromatic nitrogens is 2. The molecule has 1 aliphatic rings. The summed E-state index contributed by atoms with van der Waals surface area (Å²) in [6.45, 7) is 1.05. The summed E-state index contributed by atoms with van der Waals surface area (Å²) in [6, 6.07) is 4.11. The van der Waals surface area contributed by atoms with E-state index in [1.54, 1.807) is 0 Å². The first-order valence-corrected chi connectivity index (χ1v) is 4.70. The fraction of sp³-hybridized carbons (Fsp3) is 0.250. The number of hydrogen-bond donors (Lipinski definition) is 1. The van der Waals surface area contributed by atoms with Gasteiger partial charge in [0, 0.05) is 12.2 Å². The van der Waals surface area contributed by atoms with Gasteiger partial charge in [-0.05, 0) is 35.6 Å². The van der Waals surface area contributed by atoms with Crippen molar-refractivity contribution in [3.63, 3.8) is 0 Å². The molecule has 2 aromatic rings. The molecule has 0 spiro atoms. The fourth-order valence-corrected chi connectivity index (χ4v) is 2.37. The maximum Gasteiger partial charge on any atom is 0.106 e. The Morgan fingerprint density at radius 2 is 2.42 bits per heavy atom. The zero-order valence-corrected chi connectivity index (χ0v) is 7.19. The van der Waals surface area contributed by atoms with Crippen LogP contribution in [0.3, 0.4) is 0 Å². The molecule has 1 N–H and O–H groups in total. The largest absolute Gasteiger partial charge is 0.384 e. The third-order valence-corrected chi connectivity index (χ3v) is 3.01. The predicted molar refractivity (Wildman–Crippen MR) is 49.6 cm³/mol. The number of anilines is 1. The highest BCUT2D eigenvalue weighted by molar-refractivity contribution is 7.13. The second-order valence-corrected chi connectivity index (χ2v) is 3.64. The number of fused-ring (bicyclic) bond motifs is 3. The summed E-state index contributed by atoms with van der Waals surface area (Å²) in [7, 11) is 0. The predicted octanol–water partition coefficient (Wildman–Crippen LogP) is 1.66. The molecule has 0 saturated carbocycles. The summed E-state index contributed by atoms with van der Waals surface area (Å²) in [5, 5.41) is 7.37. The molecule has 0 amide bonds. The van der Waals surface area contributed by atoms with Crippen LogP contribution in [0.25, 0.3) is 10.2 Å². The van der Waals surface area contributed by atoms with Crippen LogP contribution in [-0.4, -0.2) is 16.1 Å². The van der Waals surface area contributed by atoms with E-state index >= 15 is 0 Å². The second-order valence-electron chi connectivity index (χ2n) is 2.89. The van der Waals surface area contributed by atoms with Crippen LogP contribution in [-0.2, 0) is 6.42 Å². The molecule has 0 fully saturated rings. The molecule has 0 radical (unpaired) electrons. The zero-order valence-electron chi connectivity index (χ0n) is 6.37. The number of rotatable bonds is 0. The summed E-state index contributed by atoms with van der Waals surface area (Å²) in [4.78, 5) is 0. The molecule has 1 aliphatic heterocycles. The smallest absolute Gasteiger partial charge is 0.106 e. The lowest BCUT2D eigenvalue weighted by Crippen LogP contribution is -1.90. The number of hydrogen-bond acceptors (Lipinski definition) is 4. The highest BCUT2D eigenvalue weighted by Gasteiger charge is 2.14. The molecular weight excluding hydrogens is 170 g/mol. The van der Waals surface area contributed by atoms with Crippen LogP contribution in [0, 0.1) is 0 Å². The van der Waals surface area contributed by atoms with E-state index in [2.05, 4.69) is 21.0 Å². The highest BCUT2D eigenvalue weighted by atomic mass is 32.1. The van der Waals surface area contributed by atoms with Crippen LogP contribution >= 0.6 is 11.5 Å². The molecule has 0 unspecified atom stereocenters. The van der Waals surface area contributed by atoms with Crippen molar-refractivity contribution >= 4 is 27.4 Å². The monoisotopic (exact) mass is 177 g/mol. The van der Waals surface area contributed by atoms with Gasteiger partial charge in [-0.2, -0.15) is 0 Å². The van der Waals surface area contributed by atoms with Crippen LogP contribution in [0.15, 0.2) is 12.1 Å². The molecule has 3 rings (SSSR count). The Kier molecular flexibility index (Phi) is 1.15. The van der Waals surface area contributed by atoms with Gasteiger partial charge in [0.05, 0.1) is 4.70 Å². The van der Waals surface area contributed by atoms with Gasteiger partial charge in [0.1, 0.15) is 5.52 Å². The molecule has 12 heavy (non-hydrogen) atoms. The number of benzene rings is 1. The Morgan fingerprint density at radius 3 is 3.42 bits per heavy atom. The van der Waals surface area contributed by atoms with Gasteiger partial charge >= 0.3 is 0 Å². The second kappa shape index (κ2) is 2.17. The van der Waals surface area contributed by atoms with Crippen LogP contribution in [0.5, 0.6) is 0 Å². The third kappa shape index (κ3) is 0.701. The summed E-state index contributed by atoms with van der Waals surface area (Å²) in [5.41, 5.74) is 3.68. The molecule has 0 atom stereocenters. The minimum atomic E-state index is 1.03. The maximum atomic E-state index is 4.04. The van der Waals surface area contributed by atoms with E-state index in [4.69, 9.17) is 0 Å². The molecule has 2 heterocycles. The van der Waals surface area contributed by atoms with E-state index in [1.807, 2.05) is 6.07 Å². The Morgan fingerprint density at radius 1 is 1.42 bits per heavy atom. The van der Waals surface area contributed by atoms with E-state index in [-0.39, 0.29) is 0 Å². The lowest BCUT2D eigenvalue weighted by molar-refractivity contribution is 1.12. The van der Waals surface area contributed by atoms with Gasteiger partial charge in [-0.1, -0.05) is 4.49 Å². The first-order chi connectivity index (χ1) is 5.95. The van der Waals surface area contributed by atoms with Gasteiger partial charge in [0.25, 0.3) is 0 Å². The van der Waals surface area contributed by atoms with Gasteiger partial charge in [-0.15, -0.1) is 5.10 Å². The van der Waals surface area contributed by atoms with Crippen molar-refractivity contribution in [1.82, 2.24) is 9.59 Å². The van der Waals surface area contributed by atoms with Crippen LogP contribution in [0.4, 0.5) is 5.69 Å². The highest BCUT2D eigenvalue weighted by Crippen LogP contribution is 2.30. The SMILES string of the molecule is c1cc2nnsc2c2c1NCC2. The van der Waals surface area contributed by atoms with E-state index in [0.717, 1.165) is 18.5 Å². The molecule has 1 aromatic carbocycles. The van der Waals surface area contributed by atoms with Crippen molar-refractivity contribution in [1.29, 1.82) is 0 Å². The van der Waals surface area contributed by atoms with Gasteiger partial charge in [-0.3, -0.25) is 0 Å². The standard InChI is InChI=1S/C8H7N3S/c1-2-7-8(12-11-10-7)5-3-4-9-6(1)5/h1-2,9H,3-4H2. The van der Waals surface area contributed by atoms with E-state index in [1.165, 1.54) is 27.5 Å². The zero-order chi connectivity index (χ0) is 7.97. The molecule has 4 heteroatoms. The van der Waals surface area contributed by atoms with Crippen molar-refractivity contribution in [2.75, 3.05) is 11.9 Å². The number of nitrogens with one attached hydrogen (secondary N) is 1. The average Bonchev–Trinajstić information content (AvgIpc) is 2.71. The lowest BCUT2D eigenvalue weighted by Gasteiger charge is -1.97. The van der Waals surface area contributed by atoms with E-state index in [9.17, 15) is 0 Å². The molecule has 1 aromatic heterocycles. The molecule has 3 nitrogen and oxygen atoms in total. The van der Waals surface area contributed by atoms with Crippen molar-refractivity contribution in [3.05, 3.63) is 17.7 Å². The summed E-state index contributed by atoms with van der Waals surface area (Å²) in [5.74, 6) is 0. The first kappa shape index (κ1) is 6.37. The quantitative estimate of drug-likeness (QED) is 0.665. The van der Waals surface area contributed by atoms with Crippen molar-refractivity contribution in [2.45, 2.75) is 6.42 Å². The van der Waals surface area contributed by atoms with Crippen LogP contribution in [0.2, 0.25) is 0 Å².